The molecule has 0 saturated carbocycles. The third-order valence-electron chi connectivity index (χ3n) is 2.30. The number of hydrogen-bond donors (Lipinski definition) is 0. The molecule has 0 aliphatic carbocycles. The minimum Gasteiger partial charge on any atom is -0.205 e. The summed E-state index contributed by atoms with van der Waals surface area (Å²) in [5.74, 6) is 2.01. The van der Waals surface area contributed by atoms with Crippen molar-refractivity contribution in [1.82, 2.24) is 0 Å². The first-order valence-electron chi connectivity index (χ1n) is 5.40. The highest BCUT2D eigenvalue weighted by Crippen LogP contribution is 2.19. The normalized spacial score (nSPS) is 10.4. The predicted molar refractivity (Wildman–Crippen MR) is 66.7 cm³/mol. The van der Waals surface area contributed by atoms with Crippen LogP contribution in [0.5, 0.6) is 0 Å². The molecular weight excluding hydrogens is 221 g/mol. The monoisotopic (exact) mass is 237 g/mol. The maximum Gasteiger partial charge on any atom is 0.144 e. The Kier molecular flexibility index (Phi) is 5.34. The van der Waals surface area contributed by atoms with E-state index in [1.807, 2.05) is 6.07 Å². The molecule has 1 aromatic carbocycles. The molecule has 0 unspecified atom stereocenters. The second-order valence-corrected chi connectivity index (χ2v) is 5.23. The zero-order valence-electron chi connectivity index (χ0n) is 9.66. The molecule has 0 amide bonds. The fraction of sp³-hybridized carbons (Fsp3) is 0.462. The lowest BCUT2D eigenvalue weighted by molar-refractivity contribution is 0.613. The quantitative estimate of drug-likeness (QED) is 0.723. The van der Waals surface area contributed by atoms with Gasteiger partial charge >= 0.3 is 0 Å². The Morgan fingerprint density at radius 3 is 2.81 bits per heavy atom. The van der Waals surface area contributed by atoms with Gasteiger partial charge in [0, 0.05) is 5.75 Å². The molecule has 1 rings (SSSR count). The average Bonchev–Trinajstić information content (AvgIpc) is 2.26. The van der Waals surface area contributed by atoms with E-state index in [-0.39, 0.29) is 11.4 Å². The molecule has 0 aliphatic rings. The van der Waals surface area contributed by atoms with E-state index in [1.54, 1.807) is 23.9 Å². The number of rotatable bonds is 5. The molecule has 86 valence electrons. The molecule has 0 atom stereocenters. The van der Waals surface area contributed by atoms with Gasteiger partial charge in [0.1, 0.15) is 11.9 Å². The molecule has 0 fully saturated rings. The number of benzene rings is 1. The summed E-state index contributed by atoms with van der Waals surface area (Å²) in [6, 6.07) is 6.86. The molecule has 1 nitrogen and oxygen atoms in total. The number of thioether (sulfide) groups is 1. The molecule has 0 aromatic heterocycles. The molecule has 0 spiro atoms. The molecule has 0 N–H and O–H groups in total. The van der Waals surface area contributed by atoms with Crippen molar-refractivity contribution in [2.24, 2.45) is 5.92 Å². The van der Waals surface area contributed by atoms with Crippen molar-refractivity contribution in [3.63, 3.8) is 0 Å². The van der Waals surface area contributed by atoms with Crippen LogP contribution in [0.3, 0.4) is 0 Å². The molecule has 0 saturated heterocycles. The lowest BCUT2D eigenvalue weighted by Crippen LogP contribution is -1.94. The van der Waals surface area contributed by atoms with Crippen LogP contribution in [0.25, 0.3) is 0 Å². The minimum atomic E-state index is -0.359. The summed E-state index contributed by atoms with van der Waals surface area (Å²) in [4.78, 5) is 0. The Morgan fingerprint density at radius 2 is 2.19 bits per heavy atom. The Hall–Kier alpha value is -1.01. The largest absolute Gasteiger partial charge is 0.205 e. The van der Waals surface area contributed by atoms with Crippen LogP contribution in [0.2, 0.25) is 0 Å². The molecule has 16 heavy (non-hydrogen) atoms. The third-order valence-corrected chi connectivity index (χ3v) is 3.34. The van der Waals surface area contributed by atoms with Crippen LogP contribution in [-0.2, 0) is 5.75 Å². The summed E-state index contributed by atoms with van der Waals surface area (Å²) in [6.07, 6.45) is 1.14. The van der Waals surface area contributed by atoms with Gasteiger partial charge in [0.2, 0.25) is 0 Å². The lowest BCUT2D eigenvalue weighted by Gasteiger charge is -2.06. The number of halogens is 1. The van der Waals surface area contributed by atoms with E-state index < -0.39 is 0 Å². The van der Waals surface area contributed by atoms with Crippen LogP contribution in [0.15, 0.2) is 18.2 Å². The van der Waals surface area contributed by atoms with E-state index >= 15 is 0 Å². The molecule has 0 aliphatic heterocycles. The van der Waals surface area contributed by atoms with Crippen LogP contribution in [0.4, 0.5) is 4.39 Å². The van der Waals surface area contributed by atoms with E-state index in [2.05, 4.69) is 13.8 Å². The van der Waals surface area contributed by atoms with Crippen LogP contribution in [0, 0.1) is 23.1 Å². The highest BCUT2D eigenvalue weighted by Gasteiger charge is 2.07. The summed E-state index contributed by atoms with van der Waals surface area (Å²) < 4.78 is 13.6. The predicted octanol–water partition coefficient (Wildman–Crippen LogP) is 3.98. The van der Waals surface area contributed by atoms with Gasteiger partial charge in [0.05, 0.1) is 5.56 Å². The third kappa shape index (κ3) is 3.86. The Morgan fingerprint density at radius 1 is 1.44 bits per heavy atom. The van der Waals surface area contributed by atoms with Crippen molar-refractivity contribution < 1.29 is 4.39 Å². The van der Waals surface area contributed by atoms with Gasteiger partial charge in [-0.25, -0.2) is 4.39 Å². The molecule has 0 radical (unpaired) electrons. The summed E-state index contributed by atoms with van der Waals surface area (Å²) >= 11 is 1.72. The fourth-order valence-corrected chi connectivity index (χ4v) is 2.50. The van der Waals surface area contributed by atoms with Crippen LogP contribution < -0.4 is 0 Å². The number of nitriles is 1. The lowest BCUT2D eigenvalue weighted by atomic mass is 10.1. The average molecular weight is 237 g/mol. The molecule has 0 heterocycles. The van der Waals surface area contributed by atoms with Gasteiger partial charge in [-0.3, -0.25) is 0 Å². The summed E-state index contributed by atoms with van der Waals surface area (Å²) in [7, 11) is 0. The summed E-state index contributed by atoms with van der Waals surface area (Å²) in [5, 5.41) is 8.69. The van der Waals surface area contributed by atoms with Crippen molar-refractivity contribution in [3.8, 4) is 6.07 Å². The highest BCUT2D eigenvalue weighted by atomic mass is 32.2. The SMILES string of the molecule is CC(C)CCSCc1cccc(C#N)c1F. The highest BCUT2D eigenvalue weighted by molar-refractivity contribution is 7.98. The van der Waals surface area contributed by atoms with Gasteiger partial charge in [0.15, 0.2) is 0 Å². The Labute approximate surface area is 101 Å². The molecule has 0 bridgehead atoms. The topological polar surface area (TPSA) is 23.8 Å². The van der Waals surface area contributed by atoms with Crippen molar-refractivity contribution in [2.45, 2.75) is 26.0 Å². The summed E-state index contributed by atoms with van der Waals surface area (Å²) in [5.41, 5.74) is 0.773. The van der Waals surface area contributed by atoms with E-state index in [4.69, 9.17) is 5.26 Å². The Balaban J connectivity index is 2.52. The van der Waals surface area contributed by atoms with E-state index in [9.17, 15) is 4.39 Å². The van der Waals surface area contributed by atoms with Crippen molar-refractivity contribution in [3.05, 3.63) is 35.1 Å². The van der Waals surface area contributed by atoms with E-state index in [1.165, 1.54) is 6.07 Å². The van der Waals surface area contributed by atoms with E-state index in [0.717, 1.165) is 12.2 Å². The van der Waals surface area contributed by atoms with Crippen molar-refractivity contribution in [1.29, 1.82) is 5.26 Å². The molecule has 3 heteroatoms. The Bertz CT molecular complexity index is 382. The van der Waals surface area contributed by atoms with Crippen molar-refractivity contribution >= 4 is 11.8 Å². The first kappa shape index (κ1) is 13.1. The molecule has 1 aromatic rings. The second-order valence-electron chi connectivity index (χ2n) is 4.13. The van der Waals surface area contributed by atoms with Gasteiger partial charge in [-0.15, -0.1) is 0 Å². The van der Waals surface area contributed by atoms with Gasteiger partial charge < -0.3 is 0 Å². The maximum atomic E-state index is 13.6. The zero-order valence-corrected chi connectivity index (χ0v) is 10.5. The van der Waals surface area contributed by atoms with Crippen molar-refractivity contribution in [2.75, 3.05) is 5.75 Å². The number of hydrogen-bond acceptors (Lipinski definition) is 2. The van der Waals surface area contributed by atoms with Crippen LogP contribution in [-0.4, -0.2) is 5.75 Å². The first-order valence-corrected chi connectivity index (χ1v) is 6.56. The molecular formula is C13H16FNS. The standard InChI is InChI=1S/C13H16FNS/c1-10(2)6-7-16-9-12-5-3-4-11(8-15)13(12)14/h3-5,10H,6-7,9H2,1-2H3. The summed E-state index contributed by atoms with van der Waals surface area (Å²) in [6.45, 7) is 4.36. The van der Waals surface area contributed by atoms with Crippen LogP contribution >= 0.6 is 11.8 Å². The fourth-order valence-electron chi connectivity index (χ4n) is 1.28. The van der Waals surface area contributed by atoms with Gasteiger partial charge in [0.25, 0.3) is 0 Å². The second kappa shape index (κ2) is 6.55. The van der Waals surface area contributed by atoms with Gasteiger partial charge in [-0.1, -0.05) is 26.0 Å². The first-order chi connectivity index (χ1) is 7.65. The minimum absolute atomic E-state index is 0.141. The van der Waals surface area contributed by atoms with Gasteiger partial charge in [-0.2, -0.15) is 17.0 Å². The van der Waals surface area contributed by atoms with Gasteiger partial charge in [-0.05, 0) is 29.7 Å². The number of nitrogens with zero attached hydrogens (tertiary/aromatic N) is 1. The van der Waals surface area contributed by atoms with Crippen LogP contribution in [0.1, 0.15) is 31.4 Å². The smallest absolute Gasteiger partial charge is 0.144 e. The maximum absolute atomic E-state index is 13.6. The van der Waals surface area contributed by atoms with E-state index in [0.29, 0.717) is 17.2 Å². The zero-order chi connectivity index (χ0) is 12.0.